The highest BCUT2D eigenvalue weighted by Gasteiger charge is 2.30. The molecule has 2 rings (SSSR count). The summed E-state index contributed by atoms with van der Waals surface area (Å²) in [4.78, 5) is 23.0. The average molecular weight is 333 g/mol. The molecule has 0 aromatic heterocycles. The van der Waals surface area contributed by atoms with Crippen LogP contribution in [0.15, 0.2) is 12.1 Å². The van der Waals surface area contributed by atoms with Gasteiger partial charge in [-0.3, -0.25) is 4.79 Å². The summed E-state index contributed by atoms with van der Waals surface area (Å²) in [5, 5.41) is 12.6. The fourth-order valence-corrected chi connectivity index (χ4v) is 2.65. The number of nitrogens with one attached hydrogen (secondary N) is 1. The lowest BCUT2D eigenvalue weighted by Crippen LogP contribution is -2.17. The van der Waals surface area contributed by atoms with Gasteiger partial charge in [0.05, 0.1) is 11.3 Å². The minimum Gasteiger partial charge on any atom is -0.478 e. The van der Waals surface area contributed by atoms with Gasteiger partial charge in [0.2, 0.25) is 5.91 Å². The van der Waals surface area contributed by atoms with Gasteiger partial charge in [-0.05, 0) is 30.5 Å². The van der Waals surface area contributed by atoms with Gasteiger partial charge in [0.15, 0.2) is 0 Å². The molecule has 96 valence electrons. The summed E-state index contributed by atoms with van der Waals surface area (Å²) in [5.74, 6) is -1.20. The topological polar surface area (TPSA) is 66.4 Å². The second-order valence-electron chi connectivity index (χ2n) is 4.15. The minimum atomic E-state index is -1.10. The fraction of sp³-hybridized carbons (Fsp3) is 0.333. The molecule has 0 bridgehead atoms. The number of hydrogen-bond donors (Lipinski definition) is 2. The largest absolute Gasteiger partial charge is 0.478 e. The number of benzene rings is 1. The smallest absolute Gasteiger partial charge is 0.338 e. The summed E-state index contributed by atoms with van der Waals surface area (Å²) in [6.45, 7) is 0. The standard InChI is InChI=1S/C12H11BrClNO3/c13-5-7-8(14)3-4-9(10(7)12(17)18)15-11(16)6-1-2-6/h3-4,6H,1-2,5H2,(H,15,16)(H,17,18). The number of carboxylic acids is 1. The van der Waals surface area contributed by atoms with E-state index in [0.717, 1.165) is 12.8 Å². The van der Waals surface area contributed by atoms with Crippen molar-refractivity contribution in [2.45, 2.75) is 18.2 Å². The van der Waals surface area contributed by atoms with Crippen LogP contribution in [0, 0.1) is 5.92 Å². The Morgan fingerprint density at radius 3 is 2.61 bits per heavy atom. The van der Waals surface area contributed by atoms with E-state index in [1.165, 1.54) is 6.07 Å². The third kappa shape index (κ3) is 2.67. The van der Waals surface area contributed by atoms with Crippen LogP contribution in [0.5, 0.6) is 0 Å². The zero-order valence-corrected chi connectivity index (χ0v) is 11.7. The van der Waals surface area contributed by atoms with Crippen LogP contribution in [0.25, 0.3) is 0 Å². The van der Waals surface area contributed by atoms with Crippen molar-refractivity contribution in [2.24, 2.45) is 5.92 Å². The van der Waals surface area contributed by atoms with Crippen molar-refractivity contribution in [3.8, 4) is 0 Å². The summed E-state index contributed by atoms with van der Waals surface area (Å²) >= 11 is 9.16. The van der Waals surface area contributed by atoms with Crippen molar-refractivity contribution in [3.63, 3.8) is 0 Å². The molecule has 1 aromatic rings. The molecule has 0 atom stereocenters. The van der Waals surface area contributed by atoms with Gasteiger partial charge in [0, 0.05) is 16.3 Å². The predicted molar refractivity (Wildman–Crippen MR) is 72.4 cm³/mol. The van der Waals surface area contributed by atoms with Gasteiger partial charge in [0.25, 0.3) is 0 Å². The number of hydrogen-bond acceptors (Lipinski definition) is 2. The Kier molecular flexibility index (Phi) is 3.92. The molecule has 1 amide bonds. The summed E-state index contributed by atoms with van der Waals surface area (Å²) < 4.78 is 0. The van der Waals surface area contributed by atoms with E-state index < -0.39 is 5.97 Å². The average Bonchev–Trinajstić information content (AvgIpc) is 3.14. The third-order valence-corrected chi connectivity index (χ3v) is 3.72. The highest BCUT2D eigenvalue weighted by atomic mass is 79.9. The molecule has 0 unspecified atom stereocenters. The molecule has 2 N–H and O–H groups in total. The molecule has 0 aliphatic heterocycles. The lowest BCUT2D eigenvalue weighted by Gasteiger charge is -2.12. The van der Waals surface area contributed by atoms with Gasteiger partial charge in [-0.1, -0.05) is 27.5 Å². The monoisotopic (exact) mass is 331 g/mol. The summed E-state index contributed by atoms with van der Waals surface area (Å²) in [5.41, 5.74) is 0.824. The van der Waals surface area contributed by atoms with Gasteiger partial charge in [-0.2, -0.15) is 0 Å². The molecule has 0 spiro atoms. The van der Waals surface area contributed by atoms with Gasteiger partial charge in [-0.25, -0.2) is 4.79 Å². The van der Waals surface area contributed by atoms with Crippen LogP contribution in [-0.2, 0) is 10.1 Å². The molecule has 0 saturated heterocycles. The maximum atomic E-state index is 11.7. The van der Waals surface area contributed by atoms with Crippen molar-refractivity contribution in [2.75, 3.05) is 5.32 Å². The SMILES string of the molecule is O=C(O)c1c(NC(=O)C2CC2)ccc(Cl)c1CBr. The van der Waals surface area contributed by atoms with E-state index in [-0.39, 0.29) is 17.4 Å². The van der Waals surface area contributed by atoms with E-state index in [1.807, 2.05) is 0 Å². The van der Waals surface area contributed by atoms with Crippen LogP contribution in [0.1, 0.15) is 28.8 Å². The number of rotatable bonds is 4. The normalized spacial score (nSPS) is 14.3. The summed E-state index contributed by atoms with van der Waals surface area (Å²) in [7, 11) is 0. The van der Waals surface area contributed by atoms with E-state index in [0.29, 0.717) is 21.6 Å². The van der Waals surface area contributed by atoms with Crippen LogP contribution >= 0.6 is 27.5 Å². The van der Waals surface area contributed by atoms with Crippen LogP contribution in [0.2, 0.25) is 5.02 Å². The lowest BCUT2D eigenvalue weighted by atomic mass is 10.1. The zero-order valence-electron chi connectivity index (χ0n) is 9.37. The number of carbonyl (C=O) groups excluding carboxylic acids is 1. The quantitative estimate of drug-likeness (QED) is 0.832. The van der Waals surface area contributed by atoms with Crippen LogP contribution < -0.4 is 5.32 Å². The first-order chi connectivity index (χ1) is 8.54. The first-order valence-corrected chi connectivity index (χ1v) is 6.96. The number of carboxylic acid groups (broad SMARTS) is 1. The van der Waals surface area contributed by atoms with Crippen molar-refractivity contribution < 1.29 is 14.7 Å². The highest BCUT2D eigenvalue weighted by molar-refractivity contribution is 9.08. The van der Waals surface area contributed by atoms with E-state index in [1.54, 1.807) is 6.07 Å². The molecule has 18 heavy (non-hydrogen) atoms. The van der Waals surface area contributed by atoms with Gasteiger partial charge in [-0.15, -0.1) is 0 Å². The van der Waals surface area contributed by atoms with Crippen molar-refractivity contribution >= 4 is 45.1 Å². The Hall–Kier alpha value is -1.07. The zero-order chi connectivity index (χ0) is 13.3. The van der Waals surface area contributed by atoms with E-state index in [9.17, 15) is 14.7 Å². The van der Waals surface area contributed by atoms with Crippen LogP contribution in [0.4, 0.5) is 5.69 Å². The number of alkyl halides is 1. The van der Waals surface area contributed by atoms with Crippen LogP contribution in [0.3, 0.4) is 0 Å². The van der Waals surface area contributed by atoms with Crippen molar-refractivity contribution in [1.29, 1.82) is 0 Å². The van der Waals surface area contributed by atoms with E-state index >= 15 is 0 Å². The third-order valence-electron chi connectivity index (χ3n) is 2.81. The molecular formula is C12H11BrClNO3. The number of carbonyl (C=O) groups is 2. The Morgan fingerprint density at radius 1 is 1.44 bits per heavy atom. The maximum absolute atomic E-state index is 11.7. The molecule has 0 radical (unpaired) electrons. The molecule has 1 aliphatic rings. The minimum absolute atomic E-state index is 0.0229. The molecular weight excluding hydrogens is 321 g/mol. The molecule has 6 heteroatoms. The van der Waals surface area contributed by atoms with Crippen molar-refractivity contribution in [1.82, 2.24) is 0 Å². The maximum Gasteiger partial charge on any atom is 0.338 e. The fourth-order valence-electron chi connectivity index (χ4n) is 1.68. The molecule has 1 saturated carbocycles. The Morgan fingerprint density at radius 2 is 2.11 bits per heavy atom. The number of amides is 1. The summed E-state index contributed by atoms with van der Waals surface area (Å²) in [6, 6.07) is 3.12. The molecule has 1 aliphatic carbocycles. The Labute approximate surface area is 117 Å². The van der Waals surface area contributed by atoms with Gasteiger partial charge < -0.3 is 10.4 Å². The number of anilines is 1. The Bertz CT molecular complexity index is 514. The molecule has 0 heterocycles. The van der Waals surface area contributed by atoms with E-state index in [2.05, 4.69) is 21.2 Å². The highest BCUT2D eigenvalue weighted by Crippen LogP contribution is 2.33. The second-order valence-corrected chi connectivity index (χ2v) is 5.12. The lowest BCUT2D eigenvalue weighted by molar-refractivity contribution is -0.117. The predicted octanol–water partition coefficient (Wildman–Crippen LogP) is 3.28. The van der Waals surface area contributed by atoms with Gasteiger partial charge in [0.1, 0.15) is 0 Å². The number of aromatic carboxylic acids is 1. The first-order valence-electron chi connectivity index (χ1n) is 5.46. The van der Waals surface area contributed by atoms with Crippen molar-refractivity contribution in [3.05, 3.63) is 28.3 Å². The second kappa shape index (κ2) is 5.28. The first kappa shape index (κ1) is 13.4. The molecule has 4 nitrogen and oxygen atoms in total. The Balaban J connectivity index is 2.39. The van der Waals surface area contributed by atoms with E-state index in [4.69, 9.17) is 11.6 Å². The van der Waals surface area contributed by atoms with Crippen LogP contribution in [-0.4, -0.2) is 17.0 Å². The number of halogens is 2. The summed E-state index contributed by atoms with van der Waals surface area (Å²) in [6.07, 6.45) is 1.74. The van der Waals surface area contributed by atoms with Gasteiger partial charge >= 0.3 is 5.97 Å². The molecule has 1 aromatic carbocycles. The molecule has 1 fully saturated rings.